The van der Waals surface area contributed by atoms with E-state index in [2.05, 4.69) is 17.1 Å². The summed E-state index contributed by atoms with van der Waals surface area (Å²) in [6.07, 6.45) is 5.14. The normalized spacial score (nSPS) is 19.9. The smallest absolute Gasteiger partial charge is 0.180 e. The molecule has 4 nitrogen and oxygen atoms in total. The van der Waals surface area contributed by atoms with Crippen molar-refractivity contribution in [2.75, 3.05) is 26.5 Å². The number of aliphatic imine (C=N–C) groups is 1. The van der Waals surface area contributed by atoms with Crippen LogP contribution < -0.4 is 4.74 Å². The van der Waals surface area contributed by atoms with Crippen molar-refractivity contribution in [1.82, 2.24) is 0 Å². The molecular formula is C19H28FNO3. The van der Waals surface area contributed by atoms with Gasteiger partial charge >= 0.3 is 0 Å². The average Bonchev–Trinajstić information content (AvgIpc) is 2.99. The Hall–Kier alpha value is -1.62. The van der Waals surface area contributed by atoms with Crippen molar-refractivity contribution in [3.8, 4) is 5.75 Å². The Balaban J connectivity index is 1.72. The van der Waals surface area contributed by atoms with E-state index in [0.717, 1.165) is 37.9 Å². The van der Waals surface area contributed by atoms with Gasteiger partial charge in [0.1, 0.15) is 17.9 Å². The van der Waals surface area contributed by atoms with Gasteiger partial charge in [0.15, 0.2) is 5.90 Å². The Morgan fingerprint density at radius 1 is 1.21 bits per heavy atom. The van der Waals surface area contributed by atoms with Crippen LogP contribution in [0.25, 0.3) is 0 Å². The van der Waals surface area contributed by atoms with Gasteiger partial charge in [-0.25, -0.2) is 4.99 Å². The van der Waals surface area contributed by atoms with E-state index in [0.29, 0.717) is 25.5 Å². The van der Waals surface area contributed by atoms with Gasteiger partial charge < -0.3 is 14.6 Å². The van der Waals surface area contributed by atoms with Crippen molar-refractivity contribution < 1.29 is 19.0 Å². The van der Waals surface area contributed by atoms with Crippen LogP contribution >= 0.6 is 0 Å². The first-order valence-electron chi connectivity index (χ1n) is 8.75. The molecule has 1 heterocycles. The molecule has 0 aliphatic carbocycles. The maximum absolute atomic E-state index is 12.0. The van der Waals surface area contributed by atoms with Gasteiger partial charge in [0.2, 0.25) is 0 Å². The number of hydrogen-bond acceptors (Lipinski definition) is 4. The largest absolute Gasteiger partial charge is 0.494 e. The number of rotatable bonds is 11. The van der Waals surface area contributed by atoms with Gasteiger partial charge in [-0.15, -0.1) is 0 Å². The third-order valence-corrected chi connectivity index (χ3v) is 4.34. The molecule has 0 saturated carbocycles. The van der Waals surface area contributed by atoms with E-state index in [1.807, 2.05) is 19.1 Å². The first-order valence-corrected chi connectivity index (χ1v) is 8.75. The van der Waals surface area contributed by atoms with Crippen LogP contribution in [0, 0.1) is 0 Å². The topological polar surface area (TPSA) is 51.1 Å². The van der Waals surface area contributed by atoms with Gasteiger partial charge in [-0.05, 0) is 49.8 Å². The van der Waals surface area contributed by atoms with Crippen molar-refractivity contribution in [3.63, 3.8) is 0 Å². The van der Waals surface area contributed by atoms with Gasteiger partial charge in [0.25, 0.3) is 0 Å². The van der Waals surface area contributed by atoms with Crippen molar-refractivity contribution >= 4 is 5.90 Å². The number of ether oxygens (including phenoxy) is 2. The zero-order chi connectivity index (χ0) is 17.3. The second-order valence-electron chi connectivity index (χ2n) is 6.40. The van der Waals surface area contributed by atoms with Crippen molar-refractivity contribution in [3.05, 3.63) is 29.8 Å². The summed E-state index contributed by atoms with van der Waals surface area (Å²) in [5.41, 5.74) is 0.705. The van der Waals surface area contributed by atoms with Gasteiger partial charge in [-0.3, -0.25) is 4.39 Å². The molecule has 1 aliphatic rings. The van der Waals surface area contributed by atoms with Gasteiger partial charge in [0, 0.05) is 6.92 Å². The van der Waals surface area contributed by atoms with Crippen LogP contribution in [-0.2, 0) is 11.2 Å². The Kier molecular flexibility index (Phi) is 7.50. The third kappa shape index (κ3) is 5.78. The predicted molar refractivity (Wildman–Crippen MR) is 93.6 cm³/mol. The van der Waals surface area contributed by atoms with Crippen molar-refractivity contribution in [2.24, 2.45) is 4.99 Å². The van der Waals surface area contributed by atoms with Gasteiger partial charge in [-0.1, -0.05) is 18.6 Å². The molecule has 1 N–H and O–H groups in total. The van der Waals surface area contributed by atoms with Crippen LogP contribution in [0.3, 0.4) is 0 Å². The van der Waals surface area contributed by atoms with E-state index in [9.17, 15) is 9.50 Å². The molecule has 2 rings (SSSR count). The number of alkyl halides is 1. The number of aliphatic hydroxyl groups is 1. The predicted octanol–water partition coefficient (Wildman–Crippen LogP) is 3.71. The lowest BCUT2D eigenvalue weighted by atomic mass is 9.94. The van der Waals surface area contributed by atoms with Crippen LogP contribution in [0.2, 0.25) is 0 Å². The molecule has 1 aliphatic heterocycles. The molecular weight excluding hydrogens is 309 g/mol. The van der Waals surface area contributed by atoms with E-state index < -0.39 is 5.54 Å². The molecule has 0 aromatic heterocycles. The highest BCUT2D eigenvalue weighted by atomic mass is 19.1. The first-order chi connectivity index (χ1) is 11.7. The summed E-state index contributed by atoms with van der Waals surface area (Å²) >= 11 is 0. The number of benzene rings is 1. The summed E-state index contributed by atoms with van der Waals surface area (Å²) in [4.78, 5) is 4.44. The van der Waals surface area contributed by atoms with E-state index in [-0.39, 0.29) is 13.3 Å². The molecule has 0 fully saturated rings. The number of aryl methyl sites for hydroxylation is 1. The molecule has 134 valence electrons. The third-order valence-electron chi connectivity index (χ3n) is 4.34. The lowest BCUT2D eigenvalue weighted by Gasteiger charge is -2.21. The molecule has 0 saturated heterocycles. The van der Waals surface area contributed by atoms with Gasteiger partial charge in [0.05, 0.1) is 19.9 Å². The molecule has 0 radical (unpaired) electrons. The van der Waals surface area contributed by atoms with E-state index in [1.165, 1.54) is 5.56 Å². The van der Waals surface area contributed by atoms with E-state index in [4.69, 9.17) is 9.47 Å². The van der Waals surface area contributed by atoms with Crippen molar-refractivity contribution in [2.45, 2.75) is 51.0 Å². The molecule has 0 amide bonds. The molecule has 1 atom stereocenters. The van der Waals surface area contributed by atoms with Crippen LogP contribution in [0.5, 0.6) is 5.75 Å². The van der Waals surface area contributed by atoms with Crippen LogP contribution in [0.15, 0.2) is 29.3 Å². The van der Waals surface area contributed by atoms with Crippen LogP contribution in [0.4, 0.5) is 4.39 Å². The molecule has 24 heavy (non-hydrogen) atoms. The Morgan fingerprint density at radius 3 is 2.58 bits per heavy atom. The first kappa shape index (κ1) is 18.7. The second-order valence-corrected chi connectivity index (χ2v) is 6.40. The minimum absolute atomic E-state index is 0.00788. The highest BCUT2D eigenvalue weighted by molar-refractivity contribution is 5.75. The minimum Gasteiger partial charge on any atom is -0.494 e. The highest BCUT2D eigenvalue weighted by Crippen LogP contribution is 2.25. The average molecular weight is 337 g/mol. The Bertz CT molecular complexity index is 518. The lowest BCUT2D eigenvalue weighted by Crippen LogP contribution is -2.33. The zero-order valence-corrected chi connectivity index (χ0v) is 14.5. The minimum atomic E-state index is -0.487. The molecule has 1 aromatic carbocycles. The number of halogens is 1. The summed E-state index contributed by atoms with van der Waals surface area (Å²) in [6, 6.07) is 8.05. The standard InChI is InChI=1S/C19H28FNO3/c1-16-21-19(14-22,15-24-16)11-10-17-6-8-18(9-7-17)23-13-5-3-2-4-12-20/h6-9,22H,2-5,10-15H2,1H3/t19-/m0/s1. The SMILES string of the molecule is CC1=N[C@](CO)(CCc2ccc(OCCCCCCF)cc2)CO1. The summed E-state index contributed by atoms with van der Waals surface area (Å²) in [7, 11) is 0. The molecule has 1 aromatic rings. The van der Waals surface area contributed by atoms with E-state index in [1.54, 1.807) is 0 Å². The Labute approximate surface area is 143 Å². The fourth-order valence-corrected chi connectivity index (χ4v) is 2.79. The highest BCUT2D eigenvalue weighted by Gasteiger charge is 2.34. The summed E-state index contributed by atoms with van der Waals surface area (Å²) in [5.74, 6) is 1.51. The van der Waals surface area contributed by atoms with Gasteiger partial charge in [-0.2, -0.15) is 0 Å². The van der Waals surface area contributed by atoms with Crippen LogP contribution in [-0.4, -0.2) is 43.0 Å². The number of unbranched alkanes of at least 4 members (excludes halogenated alkanes) is 3. The summed E-state index contributed by atoms with van der Waals surface area (Å²) in [5, 5.41) is 9.60. The Morgan fingerprint density at radius 2 is 1.96 bits per heavy atom. The van der Waals surface area contributed by atoms with E-state index >= 15 is 0 Å². The zero-order valence-electron chi connectivity index (χ0n) is 14.5. The molecule has 5 heteroatoms. The molecule has 0 unspecified atom stereocenters. The summed E-state index contributed by atoms with van der Waals surface area (Å²) in [6.45, 7) is 2.73. The summed E-state index contributed by atoms with van der Waals surface area (Å²) < 4.78 is 23.1. The maximum atomic E-state index is 12.0. The fourth-order valence-electron chi connectivity index (χ4n) is 2.79. The number of aliphatic hydroxyl groups excluding tert-OH is 1. The fraction of sp³-hybridized carbons (Fsp3) is 0.632. The number of hydrogen-bond donors (Lipinski definition) is 1. The monoisotopic (exact) mass is 337 g/mol. The maximum Gasteiger partial charge on any atom is 0.180 e. The van der Waals surface area contributed by atoms with Crippen molar-refractivity contribution in [1.29, 1.82) is 0 Å². The molecule has 0 spiro atoms. The number of nitrogens with zero attached hydrogens (tertiary/aromatic N) is 1. The second kappa shape index (κ2) is 9.62. The molecule has 0 bridgehead atoms. The lowest BCUT2D eigenvalue weighted by molar-refractivity contribution is 0.150. The quantitative estimate of drug-likeness (QED) is 0.626. The van der Waals surface area contributed by atoms with Crippen LogP contribution in [0.1, 0.15) is 44.6 Å².